The van der Waals surface area contributed by atoms with Gasteiger partial charge in [-0.1, -0.05) is 35.9 Å². The number of benzene rings is 2. The molecule has 0 aliphatic carbocycles. The van der Waals surface area contributed by atoms with Crippen LogP contribution in [0.25, 0.3) is 0 Å². The van der Waals surface area contributed by atoms with Crippen LogP contribution >= 0.6 is 11.6 Å². The van der Waals surface area contributed by atoms with Crippen LogP contribution in [-0.2, 0) is 6.54 Å². The fourth-order valence-corrected chi connectivity index (χ4v) is 2.78. The zero-order chi connectivity index (χ0) is 13.8. The molecule has 20 heavy (non-hydrogen) atoms. The first-order valence-electron chi connectivity index (χ1n) is 7.15. The largest absolute Gasteiger partial charge is 0.379 e. The average Bonchev–Trinajstić information content (AvgIpc) is 3.01. The van der Waals surface area contributed by atoms with Gasteiger partial charge in [0.2, 0.25) is 0 Å². The van der Waals surface area contributed by atoms with Gasteiger partial charge in [-0.15, -0.1) is 0 Å². The van der Waals surface area contributed by atoms with E-state index in [9.17, 15) is 0 Å². The summed E-state index contributed by atoms with van der Waals surface area (Å²) < 4.78 is 0. The molecule has 1 aliphatic heterocycles. The average molecular weight is 287 g/mol. The van der Waals surface area contributed by atoms with E-state index in [-0.39, 0.29) is 0 Å². The van der Waals surface area contributed by atoms with Crippen molar-refractivity contribution in [2.75, 3.05) is 23.3 Å². The van der Waals surface area contributed by atoms with Crippen molar-refractivity contribution in [1.29, 1.82) is 0 Å². The van der Waals surface area contributed by atoms with Gasteiger partial charge in [0.15, 0.2) is 0 Å². The van der Waals surface area contributed by atoms with Crippen molar-refractivity contribution < 1.29 is 0 Å². The molecule has 2 aromatic carbocycles. The van der Waals surface area contributed by atoms with Crippen LogP contribution in [-0.4, -0.2) is 13.1 Å². The van der Waals surface area contributed by atoms with E-state index in [2.05, 4.69) is 46.6 Å². The maximum atomic E-state index is 5.91. The molecule has 0 radical (unpaired) electrons. The van der Waals surface area contributed by atoms with Gasteiger partial charge in [-0.2, -0.15) is 0 Å². The van der Waals surface area contributed by atoms with Crippen molar-refractivity contribution in [2.45, 2.75) is 19.4 Å². The lowest BCUT2D eigenvalue weighted by Crippen LogP contribution is -2.19. The zero-order valence-corrected chi connectivity index (χ0v) is 12.2. The number of nitrogens with zero attached hydrogens (tertiary/aromatic N) is 1. The molecule has 0 amide bonds. The monoisotopic (exact) mass is 286 g/mol. The van der Waals surface area contributed by atoms with Gasteiger partial charge in [-0.25, -0.2) is 0 Å². The van der Waals surface area contributed by atoms with Crippen molar-refractivity contribution in [3.8, 4) is 0 Å². The minimum absolute atomic E-state index is 0.784. The summed E-state index contributed by atoms with van der Waals surface area (Å²) in [6.45, 7) is 3.15. The standard InChI is InChI=1S/C17H19ClN2/c18-15-9-7-14(8-10-15)13-19-16-5-1-2-6-17(16)20-11-3-4-12-20/h1-2,5-10,19H,3-4,11-13H2. The van der Waals surface area contributed by atoms with E-state index in [1.807, 2.05) is 12.1 Å². The first-order chi connectivity index (χ1) is 9.83. The number of rotatable bonds is 4. The lowest BCUT2D eigenvalue weighted by atomic mass is 10.2. The normalized spacial score (nSPS) is 14.6. The zero-order valence-electron chi connectivity index (χ0n) is 11.5. The van der Waals surface area contributed by atoms with Crippen LogP contribution in [0.4, 0.5) is 11.4 Å². The van der Waals surface area contributed by atoms with E-state index in [1.54, 1.807) is 0 Å². The molecular weight excluding hydrogens is 268 g/mol. The summed E-state index contributed by atoms with van der Waals surface area (Å²) in [5.74, 6) is 0. The Morgan fingerprint density at radius 2 is 1.65 bits per heavy atom. The SMILES string of the molecule is Clc1ccc(CNc2ccccc2N2CCCC2)cc1. The Labute approximate surface area is 125 Å². The van der Waals surface area contributed by atoms with E-state index in [1.165, 1.54) is 42.9 Å². The topological polar surface area (TPSA) is 15.3 Å². The van der Waals surface area contributed by atoms with Crippen LogP contribution < -0.4 is 10.2 Å². The Morgan fingerprint density at radius 1 is 0.950 bits per heavy atom. The molecule has 0 spiro atoms. The molecule has 0 saturated carbocycles. The fourth-order valence-electron chi connectivity index (χ4n) is 2.66. The summed E-state index contributed by atoms with van der Waals surface area (Å²) in [4.78, 5) is 2.46. The van der Waals surface area contributed by atoms with Crippen LogP contribution in [0.5, 0.6) is 0 Å². The fraction of sp³-hybridized carbons (Fsp3) is 0.294. The smallest absolute Gasteiger partial charge is 0.0602 e. The minimum Gasteiger partial charge on any atom is -0.379 e. The number of halogens is 1. The minimum atomic E-state index is 0.784. The molecule has 0 unspecified atom stereocenters. The predicted octanol–water partition coefficient (Wildman–Crippen LogP) is 4.55. The highest BCUT2D eigenvalue weighted by atomic mass is 35.5. The molecule has 1 aliphatic rings. The Balaban J connectivity index is 1.72. The third-order valence-corrected chi connectivity index (χ3v) is 4.00. The van der Waals surface area contributed by atoms with Crippen molar-refractivity contribution in [2.24, 2.45) is 0 Å². The number of nitrogens with one attached hydrogen (secondary N) is 1. The van der Waals surface area contributed by atoms with Crippen LogP contribution in [0.1, 0.15) is 18.4 Å². The van der Waals surface area contributed by atoms with Gasteiger partial charge in [0.25, 0.3) is 0 Å². The van der Waals surface area contributed by atoms with Crippen LogP contribution in [0, 0.1) is 0 Å². The molecule has 2 nitrogen and oxygen atoms in total. The molecule has 0 atom stereocenters. The van der Waals surface area contributed by atoms with Crippen LogP contribution in [0.15, 0.2) is 48.5 Å². The van der Waals surface area contributed by atoms with E-state index in [4.69, 9.17) is 11.6 Å². The molecule has 1 fully saturated rings. The second-order valence-corrected chi connectivity index (χ2v) is 5.63. The second-order valence-electron chi connectivity index (χ2n) is 5.19. The predicted molar refractivity (Wildman–Crippen MR) is 86.7 cm³/mol. The molecular formula is C17H19ClN2. The number of hydrogen-bond acceptors (Lipinski definition) is 2. The van der Waals surface area contributed by atoms with Gasteiger partial charge in [0.05, 0.1) is 11.4 Å². The Morgan fingerprint density at radius 3 is 2.40 bits per heavy atom. The lowest BCUT2D eigenvalue weighted by Gasteiger charge is -2.22. The van der Waals surface area contributed by atoms with E-state index in [0.717, 1.165) is 11.6 Å². The molecule has 3 rings (SSSR count). The summed E-state index contributed by atoms with van der Waals surface area (Å²) in [5, 5.41) is 4.32. The summed E-state index contributed by atoms with van der Waals surface area (Å²) in [6, 6.07) is 16.6. The summed E-state index contributed by atoms with van der Waals surface area (Å²) >= 11 is 5.91. The summed E-state index contributed by atoms with van der Waals surface area (Å²) in [5.41, 5.74) is 3.77. The third kappa shape index (κ3) is 3.07. The van der Waals surface area contributed by atoms with Crippen LogP contribution in [0.3, 0.4) is 0 Å². The van der Waals surface area contributed by atoms with Gasteiger partial charge in [0.1, 0.15) is 0 Å². The van der Waals surface area contributed by atoms with Crippen molar-refractivity contribution in [3.05, 3.63) is 59.1 Å². The van der Waals surface area contributed by atoms with Crippen molar-refractivity contribution in [1.82, 2.24) is 0 Å². The second kappa shape index (κ2) is 6.19. The van der Waals surface area contributed by atoms with Gasteiger partial charge in [-0.05, 0) is 42.7 Å². The maximum Gasteiger partial charge on any atom is 0.0602 e. The van der Waals surface area contributed by atoms with Crippen molar-refractivity contribution in [3.63, 3.8) is 0 Å². The Hall–Kier alpha value is -1.67. The van der Waals surface area contributed by atoms with E-state index in [0.29, 0.717) is 0 Å². The highest BCUT2D eigenvalue weighted by Crippen LogP contribution is 2.29. The van der Waals surface area contributed by atoms with Gasteiger partial charge in [0, 0.05) is 24.7 Å². The number of anilines is 2. The Kier molecular flexibility index (Phi) is 4.12. The summed E-state index contributed by atoms with van der Waals surface area (Å²) in [7, 11) is 0. The van der Waals surface area contributed by atoms with E-state index < -0.39 is 0 Å². The first kappa shape index (κ1) is 13.3. The Bertz CT molecular complexity index is 559. The molecule has 104 valence electrons. The lowest BCUT2D eigenvalue weighted by molar-refractivity contribution is 0.949. The number of para-hydroxylation sites is 2. The molecule has 3 heteroatoms. The molecule has 1 N–H and O–H groups in total. The molecule has 1 saturated heterocycles. The third-order valence-electron chi connectivity index (χ3n) is 3.75. The van der Waals surface area contributed by atoms with Gasteiger partial charge < -0.3 is 10.2 Å². The highest BCUT2D eigenvalue weighted by molar-refractivity contribution is 6.30. The summed E-state index contributed by atoms with van der Waals surface area (Å²) in [6.07, 6.45) is 2.59. The van der Waals surface area contributed by atoms with Crippen molar-refractivity contribution >= 4 is 23.0 Å². The van der Waals surface area contributed by atoms with E-state index >= 15 is 0 Å². The molecule has 0 aromatic heterocycles. The van der Waals surface area contributed by atoms with Crippen LogP contribution in [0.2, 0.25) is 5.02 Å². The van der Waals surface area contributed by atoms with Gasteiger partial charge in [-0.3, -0.25) is 0 Å². The molecule has 2 aromatic rings. The molecule has 1 heterocycles. The quantitative estimate of drug-likeness (QED) is 0.887. The maximum absolute atomic E-state index is 5.91. The first-order valence-corrected chi connectivity index (χ1v) is 7.53. The number of hydrogen-bond donors (Lipinski definition) is 1. The van der Waals surface area contributed by atoms with Gasteiger partial charge >= 0.3 is 0 Å². The molecule has 0 bridgehead atoms. The highest BCUT2D eigenvalue weighted by Gasteiger charge is 2.14.